The Morgan fingerprint density at radius 2 is 0.958 bits per heavy atom. The molecule has 0 saturated carbocycles. The maximum atomic E-state index is 2.35. The van der Waals surface area contributed by atoms with Gasteiger partial charge in [0.25, 0.3) is 0 Å². The third kappa shape index (κ3) is 1.93. The van der Waals surface area contributed by atoms with Crippen LogP contribution in [0.2, 0.25) is 0 Å². The summed E-state index contributed by atoms with van der Waals surface area (Å²) in [6.07, 6.45) is 0. The van der Waals surface area contributed by atoms with E-state index in [-0.39, 0.29) is 0 Å². The van der Waals surface area contributed by atoms with E-state index in [0.717, 1.165) is 0 Å². The van der Waals surface area contributed by atoms with Crippen molar-refractivity contribution >= 4 is 43.1 Å². The monoisotopic (exact) mass is 306 g/mol. The van der Waals surface area contributed by atoms with Crippen molar-refractivity contribution in [1.29, 1.82) is 0 Å². The highest BCUT2D eigenvalue weighted by molar-refractivity contribution is 6.08. The maximum Gasteiger partial charge on any atom is -0.0146 e. The SMILES string of the molecule is Cc1ccc2cc3cc4cc5ccccc5cc4cc3cc2c1C. The van der Waals surface area contributed by atoms with Crippen LogP contribution < -0.4 is 0 Å². The first kappa shape index (κ1) is 13.6. The molecule has 0 heteroatoms. The zero-order chi connectivity index (χ0) is 16.3. The Morgan fingerprint density at radius 1 is 0.458 bits per heavy atom. The summed E-state index contributed by atoms with van der Waals surface area (Å²) in [5.74, 6) is 0. The lowest BCUT2D eigenvalue weighted by Gasteiger charge is -2.10. The summed E-state index contributed by atoms with van der Waals surface area (Å²) in [6, 6.07) is 27.0. The largest absolute Gasteiger partial charge is 0.0616 e. The molecule has 0 spiro atoms. The second kappa shape index (κ2) is 4.82. The van der Waals surface area contributed by atoms with E-state index < -0.39 is 0 Å². The van der Waals surface area contributed by atoms with Crippen LogP contribution in [0.1, 0.15) is 11.1 Å². The zero-order valence-corrected chi connectivity index (χ0v) is 13.9. The molecule has 5 aromatic rings. The molecule has 0 aliphatic carbocycles. The summed E-state index contributed by atoms with van der Waals surface area (Å²) in [7, 11) is 0. The molecule has 0 bridgehead atoms. The van der Waals surface area contributed by atoms with Gasteiger partial charge in [-0.25, -0.2) is 0 Å². The van der Waals surface area contributed by atoms with Crippen LogP contribution in [-0.4, -0.2) is 0 Å². The summed E-state index contributed by atoms with van der Waals surface area (Å²) < 4.78 is 0. The van der Waals surface area contributed by atoms with Crippen LogP contribution in [0.25, 0.3) is 43.1 Å². The highest BCUT2D eigenvalue weighted by Gasteiger charge is 2.05. The fraction of sp³-hybridized carbons (Fsp3) is 0.0833. The second-order valence-corrected chi connectivity index (χ2v) is 6.83. The fourth-order valence-electron chi connectivity index (χ4n) is 3.78. The van der Waals surface area contributed by atoms with Gasteiger partial charge in [-0.1, -0.05) is 36.4 Å². The molecule has 0 aromatic heterocycles. The molecule has 0 atom stereocenters. The van der Waals surface area contributed by atoms with Crippen molar-refractivity contribution < 1.29 is 0 Å². The molecular formula is C24H18. The number of aryl methyl sites for hydroxylation is 2. The molecule has 5 rings (SSSR count). The van der Waals surface area contributed by atoms with E-state index >= 15 is 0 Å². The summed E-state index contributed by atoms with van der Waals surface area (Å²) in [5.41, 5.74) is 2.74. The summed E-state index contributed by atoms with van der Waals surface area (Å²) in [5, 5.41) is 10.5. The molecule has 0 radical (unpaired) electrons. The fourth-order valence-corrected chi connectivity index (χ4v) is 3.78. The van der Waals surface area contributed by atoms with Crippen LogP contribution >= 0.6 is 0 Å². The van der Waals surface area contributed by atoms with E-state index in [1.54, 1.807) is 0 Å². The molecule has 24 heavy (non-hydrogen) atoms. The third-order valence-electron chi connectivity index (χ3n) is 5.34. The molecule has 0 amide bonds. The van der Waals surface area contributed by atoms with Gasteiger partial charge in [0.15, 0.2) is 0 Å². The Hall–Kier alpha value is -2.86. The number of hydrogen-bond acceptors (Lipinski definition) is 0. The first-order chi connectivity index (χ1) is 11.7. The van der Waals surface area contributed by atoms with Gasteiger partial charge >= 0.3 is 0 Å². The Kier molecular flexibility index (Phi) is 2.72. The molecule has 5 aromatic carbocycles. The minimum Gasteiger partial charge on any atom is -0.0616 e. The first-order valence-corrected chi connectivity index (χ1v) is 8.45. The molecule has 0 heterocycles. The highest BCUT2D eigenvalue weighted by atomic mass is 14.1. The Morgan fingerprint density at radius 3 is 1.58 bits per heavy atom. The Balaban J connectivity index is 1.91. The van der Waals surface area contributed by atoms with Crippen molar-refractivity contribution in [3.05, 3.63) is 83.9 Å². The maximum absolute atomic E-state index is 2.35. The van der Waals surface area contributed by atoms with Gasteiger partial charge in [-0.15, -0.1) is 0 Å². The number of fused-ring (bicyclic) bond motifs is 4. The van der Waals surface area contributed by atoms with Gasteiger partial charge in [0, 0.05) is 0 Å². The molecule has 0 aliphatic heterocycles. The van der Waals surface area contributed by atoms with Crippen molar-refractivity contribution in [1.82, 2.24) is 0 Å². The van der Waals surface area contributed by atoms with E-state index in [4.69, 9.17) is 0 Å². The predicted molar refractivity (Wildman–Crippen MR) is 106 cm³/mol. The van der Waals surface area contributed by atoms with E-state index in [1.807, 2.05) is 0 Å². The van der Waals surface area contributed by atoms with Crippen molar-refractivity contribution in [2.24, 2.45) is 0 Å². The molecule has 0 unspecified atom stereocenters. The minimum atomic E-state index is 1.30. The van der Waals surface area contributed by atoms with Gasteiger partial charge in [-0.05, 0) is 104 Å². The lowest BCUT2D eigenvalue weighted by molar-refractivity contribution is 1.38. The first-order valence-electron chi connectivity index (χ1n) is 8.45. The van der Waals surface area contributed by atoms with Gasteiger partial charge < -0.3 is 0 Å². The average Bonchev–Trinajstić information content (AvgIpc) is 2.60. The predicted octanol–water partition coefficient (Wildman–Crippen LogP) is 6.92. The zero-order valence-electron chi connectivity index (χ0n) is 13.9. The van der Waals surface area contributed by atoms with Crippen LogP contribution in [0.15, 0.2) is 72.8 Å². The lowest BCUT2D eigenvalue weighted by atomic mass is 9.95. The molecule has 0 saturated heterocycles. The standard InChI is InChI=1S/C24H18/c1-15-7-8-19-11-22-12-20-9-17-5-3-4-6-18(17)10-21(20)13-23(22)14-24(19)16(15)2/h3-14H,1-2H3. The van der Waals surface area contributed by atoms with E-state index in [2.05, 4.69) is 86.6 Å². The quantitative estimate of drug-likeness (QED) is 0.272. The third-order valence-corrected chi connectivity index (χ3v) is 5.34. The molecule has 0 nitrogen and oxygen atoms in total. The molecule has 0 aliphatic rings. The van der Waals surface area contributed by atoms with Crippen molar-refractivity contribution in [2.45, 2.75) is 13.8 Å². The van der Waals surface area contributed by atoms with Gasteiger partial charge in [-0.3, -0.25) is 0 Å². The number of benzene rings is 5. The van der Waals surface area contributed by atoms with Crippen molar-refractivity contribution in [3.8, 4) is 0 Å². The summed E-state index contributed by atoms with van der Waals surface area (Å²) >= 11 is 0. The Bertz CT molecular complexity index is 1260. The highest BCUT2D eigenvalue weighted by Crippen LogP contribution is 2.31. The molecular weight excluding hydrogens is 288 g/mol. The van der Waals surface area contributed by atoms with E-state index in [0.29, 0.717) is 0 Å². The lowest BCUT2D eigenvalue weighted by Crippen LogP contribution is -1.85. The summed E-state index contributed by atoms with van der Waals surface area (Å²) in [4.78, 5) is 0. The van der Waals surface area contributed by atoms with Crippen LogP contribution in [0.5, 0.6) is 0 Å². The van der Waals surface area contributed by atoms with Gasteiger partial charge in [0.2, 0.25) is 0 Å². The van der Waals surface area contributed by atoms with E-state index in [1.165, 1.54) is 54.2 Å². The van der Waals surface area contributed by atoms with Gasteiger partial charge in [0.1, 0.15) is 0 Å². The smallest absolute Gasteiger partial charge is 0.0146 e. The molecule has 0 N–H and O–H groups in total. The molecule has 0 fully saturated rings. The number of rotatable bonds is 0. The molecule has 114 valence electrons. The topological polar surface area (TPSA) is 0 Å². The summed E-state index contributed by atoms with van der Waals surface area (Å²) in [6.45, 7) is 4.41. The van der Waals surface area contributed by atoms with Crippen LogP contribution in [0.4, 0.5) is 0 Å². The van der Waals surface area contributed by atoms with Crippen LogP contribution in [0, 0.1) is 13.8 Å². The van der Waals surface area contributed by atoms with Crippen molar-refractivity contribution in [2.75, 3.05) is 0 Å². The minimum absolute atomic E-state index is 1.30. The van der Waals surface area contributed by atoms with Crippen molar-refractivity contribution in [3.63, 3.8) is 0 Å². The van der Waals surface area contributed by atoms with Crippen LogP contribution in [0.3, 0.4) is 0 Å². The van der Waals surface area contributed by atoms with Crippen LogP contribution in [-0.2, 0) is 0 Å². The van der Waals surface area contributed by atoms with Gasteiger partial charge in [0.05, 0.1) is 0 Å². The second-order valence-electron chi connectivity index (χ2n) is 6.83. The normalized spacial score (nSPS) is 11.8. The number of hydrogen-bond donors (Lipinski definition) is 0. The van der Waals surface area contributed by atoms with E-state index in [9.17, 15) is 0 Å². The Labute approximate surface area is 141 Å². The van der Waals surface area contributed by atoms with Gasteiger partial charge in [-0.2, -0.15) is 0 Å². The average molecular weight is 306 g/mol.